The van der Waals surface area contributed by atoms with Gasteiger partial charge in [-0.05, 0) is 59.3 Å². The molecule has 0 aromatic heterocycles. The lowest BCUT2D eigenvalue weighted by atomic mass is 9.92. The van der Waals surface area contributed by atoms with Crippen molar-refractivity contribution >= 4 is 33.5 Å². The van der Waals surface area contributed by atoms with Crippen LogP contribution in [0.5, 0.6) is 0 Å². The van der Waals surface area contributed by atoms with E-state index in [-0.39, 0.29) is 17.4 Å². The van der Waals surface area contributed by atoms with Crippen molar-refractivity contribution < 1.29 is 23.1 Å². The van der Waals surface area contributed by atoms with Gasteiger partial charge in [0, 0.05) is 17.8 Å². The maximum Gasteiger partial charge on any atom is 0.327 e. The highest BCUT2D eigenvalue weighted by molar-refractivity contribution is 7.99. The van der Waals surface area contributed by atoms with Crippen molar-refractivity contribution in [3.8, 4) is 0 Å². The second kappa shape index (κ2) is 17.0. The van der Waals surface area contributed by atoms with Gasteiger partial charge in [-0.25, -0.2) is 13.2 Å². The molecule has 0 aliphatic carbocycles. The lowest BCUT2D eigenvalue weighted by Gasteiger charge is -2.23. The van der Waals surface area contributed by atoms with Crippen LogP contribution in [0, 0.1) is 11.8 Å². The molecule has 6 nitrogen and oxygen atoms in total. The maximum atomic E-state index is 12.7. The fourth-order valence-corrected chi connectivity index (χ4v) is 5.42. The van der Waals surface area contributed by atoms with E-state index < -0.39 is 33.7 Å². The first-order valence-electron chi connectivity index (χ1n) is 12.0. The van der Waals surface area contributed by atoms with E-state index in [1.54, 1.807) is 0 Å². The van der Waals surface area contributed by atoms with E-state index in [2.05, 4.69) is 51.2 Å². The number of nitrogens with one attached hydrogen (secondary N) is 1. The van der Waals surface area contributed by atoms with Crippen LogP contribution >= 0.6 is 11.8 Å². The molecular weight excluding hydrogens is 470 g/mol. The fourth-order valence-electron chi connectivity index (χ4n) is 3.29. The average Bonchev–Trinajstić information content (AvgIpc) is 2.72. The summed E-state index contributed by atoms with van der Waals surface area (Å²) in [5, 5.41) is 12.1. The molecule has 0 aromatic rings. The molecule has 0 radical (unpaired) electrons. The quantitative estimate of drug-likeness (QED) is 0.198. The van der Waals surface area contributed by atoms with E-state index in [4.69, 9.17) is 0 Å². The molecular formula is C26H45NO5S2. The third-order valence-electron chi connectivity index (χ3n) is 5.72. The highest BCUT2D eigenvalue weighted by Crippen LogP contribution is 2.19. The van der Waals surface area contributed by atoms with Crippen LogP contribution in [0.2, 0.25) is 0 Å². The average molecular weight is 516 g/mol. The number of allylic oxidation sites excluding steroid dienone is 5. The summed E-state index contributed by atoms with van der Waals surface area (Å²) < 4.78 is 23.5. The minimum atomic E-state index is -3.36. The monoisotopic (exact) mass is 515 g/mol. The molecule has 0 aliphatic rings. The summed E-state index contributed by atoms with van der Waals surface area (Å²) in [5.74, 6) is -1.94. The number of carboxylic acids is 1. The molecule has 0 aromatic carbocycles. The number of amides is 1. The highest BCUT2D eigenvalue weighted by atomic mass is 32.2. The van der Waals surface area contributed by atoms with Gasteiger partial charge < -0.3 is 10.4 Å². The van der Waals surface area contributed by atoms with Gasteiger partial charge in [0.25, 0.3) is 0 Å². The van der Waals surface area contributed by atoms with E-state index >= 15 is 0 Å². The number of sulfone groups is 1. The van der Waals surface area contributed by atoms with Crippen LogP contribution in [-0.4, -0.2) is 55.0 Å². The molecule has 0 spiro atoms. The number of carbonyl (C=O) groups excluding carboxylic acids is 1. The van der Waals surface area contributed by atoms with Crippen LogP contribution in [0.25, 0.3) is 0 Å². The molecule has 8 heteroatoms. The summed E-state index contributed by atoms with van der Waals surface area (Å²) in [5.41, 5.74) is 3.99. The van der Waals surface area contributed by atoms with Gasteiger partial charge in [0.1, 0.15) is 15.9 Å². The molecule has 0 aliphatic heterocycles. The minimum absolute atomic E-state index is 0.160. The van der Waals surface area contributed by atoms with Gasteiger partial charge in [-0.3, -0.25) is 4.79 Å². The molecule has 34 heavy (non-hydrogen) atoms. The second-order valence-electron chi connectivity index (χ2n) is 9.48. The molecule has 0 bridgehead atoms. The summed E-state index contributed by atoms with van der Waals surface area (Å²) in [6.45, 7) is 12.2. The van der Waals surface area contributed by atoms with Gasteiger partial charge in [0.05, 0.1) is 11.7 Å². The van der Waals surface area contributed by atoms with E-state index in [9.17, 15) is 23.1 Å². The Morgan fingerprint density at radius 1 is 1.00 bits per heavy atom. The van der Waals surface area contributed by atoms with Gasteiger partial charge in [0.2, 0.25) is 5.91 Å². The third kappa shape index (κ3) is 16.1. The molecule has 3 atom stereocenters. The van der Waals surface area contributed by atoms with E-state index in [0.29, 0.717) is 12.2 Å². The number of carbonyl (C=O) groups is 2. The second-order valence-corrected chi connectivity index (χ2v) is 12.7. The first kappa shape index (κ1) is 32.5. The van der Waals surface area contributed by atoms with Crippen molar-refractivity contribution in [2.45, 2.75) is 79.7 Å². The molecule has 0 rings (SSSR count). The summed E-state index contributed by atoms with van der Waals surface area (Å²) in [7, 11) is -3.36. The summed E-state index contributed by atoms with van der Waals surface area (Å²) in [6.07, 6.45) is 12.5. The lowest BCUT2D eigenvalue weighted by molar-refractivity contribution is -0.141. The van der Waals surface area contributed by atoms with Gasteiger partial charge in [0.15, 0.2) is 0 Å². The van der Waals surface area contributed by atoms with Crippen molar-refractivity contribution in [1.82, 2.24) is 5.32 Å². The fraction of sp³-hybridized carbons (Fsp3) is 0.692. The van der Waals surface area contributed by atoms with Crippen molar-refractivity contribution in [2.24, 2.45) is 11.8 Å². The van der Waals surface area contributed by atoms with E-state index in [0.717, 1.165) is 31.9 Å². The minimum Gasteiger partial charge on any atom is -0.480 e. The van der Waals surface area contributed by atoms with E-state index in [1.807, 2.05) is 13.8 Å². The topological polar surface area (TPSA) is 101 Å². The van der Waals surface area contributed by atoms with Crippen LogP contribution < -0.4 is 5.32 Å². The summed E-state index contributed by atoms with van der Waals surface area (Å²) in [6, 6.07) is -1.05. The summed E-state index contributed by atoms with van der Waals surface area (Å²) >= 11 is 1.44. The standard InChI is InChI=1S/C26H45NO5S2/c1-8-22(6)23(18-34(7,31)32)25(28)27-24(26(29)30)17-33-16-15-21(5)14-10-13-20(4)12-9-11-19(2)3/h11,13,15,22-24H,8-10,12,14,16-18H2,1-7H3,(H,27,28)(H,29,30)/b20-13+,21-15+/t22-,23-,24-/m0/s1. The Labute approximate surface area is 211 Å². The van der Waals surface area contributed by atoms with Gasteiger partial charge in [-0.15, -0.1) is 0 Å². The van der Waals surface area contributed by atoms with Crippen LogP contribution in [0.4, 0.5) is 0 Å². The molecule has 1 amide bonds. The SMILES string of the molecule is CC[C@H](C)[C@H](CS(C)(=O)=O)C(=O)N[C@@H](CSC/C=C(\C)CC/C=C(\C)CCC=C(C)C)C(=O)O. The Morgan fingerprint density at radius 2 is 1.56 bits per heavy atom. The first-order chi connectivity index (χ1) is 15.8. The Hall–Kier alpha value is -1.54. The Morgan fingerprint density at radius 3 is 2.06 bits per heavy atom. The Bertz CT molecular complexity index is 839. The van der Waals surface area contributed by atoms with Gasteiger partial charge >= 0.3 is 5.97 Å². The van der Waals surface area contributed by atoms with Crippen molar-refractivity contribution in [3.05, 3.63) is 34.9 Å². The number of carboxylic acid groups (broad SMARTS) is 1. The molecule has 0 fully saturated rings. The zero-order valence-corrected chi connectivity index (χ0v) is 23.7. The number of thioether (sulfide) groups is 1. The predicted octanol–water partition coefficient (Wildman–Crippen LogP) is 5.42. The molecule has 0 saturated carbocycles. The van der Waals surface area contributed by atoms with Crippen molar-refractivity contribution in [2.75, 3.05) is 23.5 Å². The predicted molar refractivity (Wildman–Crippen MR) is 145 cm³/mol. The molecule has 0 heterocycles. The Kier molecular flexibility index (Phi) is 16.2. The van der Waals surface area contributed by atoms with Crippen molar-refractivity contribution in [3.63, 3.8) is 0 Å². The number of rotatable bonds is 17. The van der Waals surface area contributed by atoms with Crippen LogP contribution in [-0.2, 0) is 19.4 Å². The van der Waals surface area contributed by atoms with Gasteiger partial charge in [-0.2, -0.15) is 11.8 Å². The smallest absolute Gasteiger partial charge is 0.327 e. The first-order valence-corrected chi connectivity index (χ1v) is 15.2. The zero-order chi connectivity index (χ0) is 26.3. The highest BCUT2D eigenvalue weighted by Gasteiger charge is 2.30. The third-order valence-corrected chi connectivity index (χ3v) is 7.66. The van der Waals surface area contributed by atoms with Crippen molar-refractivity contribution in [1.29, 1.82) is 0 Å². The molecule has 2 N–H and O–H groups in total. The van der Waals surface area contributed by atoms with Crippen LogP contribution in [0.3, 0.4) is 0 Å². The van der Waals surface area contributed by atoms with Gasteiger partial charge in [-0.1, -0.05) is 55.2 Å². The summed E-state index contributed by atoms with van der Waals surface area (Å²) in [4.78, 5) is 24.3. The van der Waals surface area contributed by atoms with Crippen LogP contribution in [0.15, 0.2) is 34.9 Å². The van der Waals surface area contributed by atoms with E-state index in [1.165, 1.54) is 28.5 Å². The zero-order valence-electron chi connectivity index (χ0n) is 22.0. The largest absolute Gasteiger partial charge is 0.480 e. The Balaban J connectivity index is 4.68. The molecule has 0 unspecified atom stereocenters. The maximum absolute atomic E-state index is 12.7. The van der Waals surface area contributed by atoms with Crippen LogP contribution in [0.1, 0.15) is 73.6 Å². The number of hydrogen-bond acceptors (Lipinski definition) is 5. The lowest BCUT2D eigenvalue weighted by Crippen LogP contribution is -2.47. The number of hydrogen-bond donors (Lipinski definition) is 2. The molecule has 0 saturated heterocycles. The number of aliphatic carboxylic acids is 1. The normalized spacial score (nSPS) is 15.4. The molecule has 196 valence electrons.